The highest BCUT2D eigenvalue weighted by Gasteiger charge is 2.27. The summed E-state index contributed by atoms with van der Waals surface area (Å²) in [6.07, 6.45) is 32.3. The van der Waals surface area contributed by atoms with Gasteiger partial charge in [0.15, 0.2) is 0 Å². The fourth-order valence-electron chi connectivity index (χ4n) is 5.12. The summed E-state index contributed by atoms with van der Waals surface area (Å²) in [6, 6.07) is 0. The number of ether oxygens (including phenoxy) is 1. The molecule has 2 unspecified atom stereocenters. The largest absolute Gasteiger partial charge is 0.462 e. The van der Waals surface area contributed by atoms with Gasteiger partial charge in [0.1, 0.15) is 24.4 Å². The van der Waals surface area contributed by atoms with Crippen molar-refractivity contribution in [2.45, 2.75) is 180 Å². The maximum atomic E-state index is 12.9. The van der Waals surface area contributed by atoms with E-state index in [9.17, 15) is 14.7 Å². The standard InChI is InChI=1S/C35H66O5/c1-3-5-7-9-11-13-15-17-19-21-23-25-27-29-34(38)33(35(39)40-31-32(37)30-36)28-26-24-22-20-18-16-14-12-10-8-6-4-2/h14,16,32-33,36-37H,3-13,15,17-31H2,1-2H3/b16-14-. The molecule has 5 heteroatoms. The molecule has 0 rings (SSSR count). The molecular weight excluding hydrogens is 500 g/mol. The van der Waals surface area contributed by atoms with Crippen LogP contribution in [0.2, 0.25) is 0 Å². The smallest absolute Gasteiger partial charge is 0.316 e. The summed E-state index contributed by atoms with van der Waals surface area (Å²) in [5.41, 5.74) is 0. The van der Waals surface area contributed by atoms with E-state index in [2.05, 4.69) is 26.0 Å². The SMILES string of the molecule is CCCCCC/C=C\CCCCCCC(C(=O)CCCCCCCCCCCCCCC)C(=O)OCC(O)CO. The zero-order valence-corrected chi connectivity index (χ0v) is 26.5. The molecule has 0 heterocycles. The third-order valence-corrected chi connectivity index (χ3v) is 7.83. The van der Waals surface area contributed by atoms with E-state index in [1.165, 1.54) is 96.3 Å². The van der Waals surface area contributed by atoms with Gasteiger partial charge < -0.3 is 14.9 Å². The van der Waals surface area contributed by atoms with Crippen LogP contribution < -0.4 is 0 Å². The van der Waals surface area contributed by atoms with E-state index in [0.29, 0.717) is 12.8 Å². The number of carbonyl (C=O) groups is 2. The lowest BCUT2D eigenvalue weighted by atomic mass is 9.93. The Kier molecular flexibility index (Phi) is 29.8. The first-order valence-electron chi connectivity index (χ1n) is 17.2. The molecule has 0 radical (unpaired) electrons. The van der Waals surface area contributed by atoms with Crippen molar-refractivity contribution in [2.75, 3.05) is 13.2 Å². The first-order chi connectivity index (χ1) is 19.6. The number of aliphatic hydroxyl groups is 2. The van der Waals surface area contributed by atoms with Crippen LogP contribution in [-0.4, -0.2) is 41.3 Å². The van der Waals surface area contributed by atoms with Gasteiger partial charge in [-0.1, -0.05) is 142 Å². The number of ketones is 1. The minimum absolute atomic E-state index is 0.0300. The van der Waals surface area contributed by atoms with Crippen LogP contribution in [0.15, 0.2) is 12.2 Å². The molecule has 0 aromatic rings. The lowest BCUT2D eigenvalue weighted by molar-refractivity contribution is -0.155. The Morgan fingerprint density at radius 3 is 1.55 bits per heavy atom. The van der Waals surface area contributed by atoms with E-state index in [1.807, 2.05) is 0 Å². The van der Waals surface area contributed by atoms with Gasteiger partial charge in [-0.25, -0.2) is 0 Å². The molecule has 2 N–H and O–H groups in total. The topological polar surface area (TPSA) is 83.8 Å². The zero-order valence-electron chi connectivity index (χ0n) is 26.5. The number of esters is 1. The van der Waals surface area contributed by atoms with Gasteiger partial charge in [0, 0.05) is 6.42 Å². The molecule has 0 saturated heterocycles. The number of rotatable bonds is 31. The monoisotopic (exact) mass is 566 g/mol. The third-order valence-electron chi connectivity index (χ3n) is 7.83. The minimum atomic E-state index is -1.10. The lowest BCUT2D eigenvalue weighted by Gasteiger charge is -2.16. The first-order valence-corrected chi connectivity index (χ1v) is 17.2. The molecule has 0 spiro atoms. The van der Waals surface area contributed by atoms with Crippen molar-refractivity contribution in [1.29, 1.82) is 0 Å². The van der Waals surface area contributed by atoms with Crippen LogP contribution in [0.25, 0.3) is 0 Å². The molecule has 5 nitrogen and oxygen atoms in total. The van der Waals surface area contributed by atoms with Gasteiger partial charge in [0.2, 0.25) is 0 Å². The molecule has 0 aliphatic heterocycles. The molecule has 0 saturated carbocycles. The number of carbonyl (C=O) groups excluding carboxylic acids is 2. The molecule has 0 aromatic carbocycles. The Hall–Kier alpha value is -1.20. The summed E-state index contributed by atoms with van der Waals surface area (Å²) < 4.78 is 5.18. The molecule has 0 aliphatic rings. The van der Waals surface area contributed by atoms with Crippen LogP contribution in [-0.2, 0) is 14.3 Å². The number of aliphatic hydroxyl groups excluding tert-OH is 2. The van der Waals surface area contributed by atoms with Crippen LogP contribution in [0.1, 0.15) is 174 Å². The van der Waals surface area contributed by atoms with Crippen molar-refractivity contribution < 1.29 is 24.5 Å². The summed E-state index contributed by atoms with van der Waals surface area (Å²) in [6.45, 7) is 3.77. The van der Waals surface area contributed by atoms with Gasteiger partial charge >= 0.3 is 5.97 Å². The number of allylic oxidation sites excluding steroid dienone is 2. The average Bonchev–Trinajstić information content (AvgIpc) is 2.96. The van der Waals surface area contributed by atoms with Crippen molar-refractivity contribution in [3.8, 4) is 0 Å². The second-order valence-electron chi connectivity index (χ2n) is 11.8. The molecular formula is C35H66O5. The summed E-state index contributed by atoms with van der Waals surface area (Å²) in [5, 5.41) is 18.5. The van der Waals surface area contributed by atoms with Gasteiger partial charge in [0.25, 0.3) is 0 Å². The van der Waals surface area contributed by atoms with Crippen molar-refractivity contribution in [2.24, 2.45) is 5.92 Å². The van der Waals surface area contributed by atoms with Gasteiger partial charge in [-0.15, -0.1) is 0 Å². The molecule has 2 atom stereocenters. The van der Waals surface area contributed by atoms with Crippen LogP contribution in [0, 0.1) is 5.92 Å². The van der Waals surface area contributed by atoms with Gasteiger partial charge in [0.05, 0.1) is 6.61 Å². The van der Waals surface area contributed by atoms with E-state index in [0.717, 1.165) is 51.4 Å². The Bertz CT molecular complexity index is 588. The maximum Gasteiger partial charge on any atom is 0.316 e. The van der Waals surface area contributed by atoms with E-state index in [1.54, 1.807) is 0 Å². The molecule has 0 amide bonds. The Labute approximate surface area is 247 Å². The Morgan fingerprint density at radius 2 is 1.05 bits per heavy atom. The molecule has 0 fully saturated rings. The van der Waals surface area contributed by atoms with E-state index in [-0.39, 0.29) is 12.4 Å². The van der Waals surface area contributed by atoms with Crippen LogP contribution >= 0.6 is 0 Å². The van der Waals surface area contributed by atoms with Gasteiger partial charge in [-0.3, -0.25) is 9.59 Å². The second kappa shape index (κ2) is 30.8. The zero-order chi connectivity index (χ0) is 29.5. The summed E-state index contributed by atoms with van der Waals surface area (Å²) in [4.78, 5) is 25.5. The first kappa shape index (κ1) is 38.8. The van der Waals surface area contributed by atoms with Crippen molar-refractivity contribution >= 4 is 11.8 Å². The number of hydrogen-bond donors (Lipinski definition) is 2. The average molecular weight is 567 g/mol. The summed E-state index contributed by atoms with van der Waals surface area (Å²) in [5.74, 6) is -1.32. The van der Waals surface area contributed by atoms with E-state index < -0.39 is 24.6 Å². The fourth-order valence-corrected chi connectivity index (χ4v) is 5.12. The predicted molar refractivity (Wildman–Crippen MR) is 168 cm³/mol. The maximum absolute atomic E-state index is 12.9. The van der Waals surface area contributed by atoms with Gasteiger partial charge in [-0.2, -0.15) is 0 Å². The molecule has 0 bridgehead atoms. The quantitative estimate of drug-likeness (QED) is 0.0378. The van der Waals surface area contributed by atoms with E-state index in [4.69, 9.17) is 9.84 Å². The summed E-state index contributed by atoms with van der Waals surface area (Å²) >= 11 is 0. The van der Waals surface area contributed by atoms with Crippen LogP contribution in [0.5, 0.6) is 0 Å². The van der Waals surface area contributed by atoms with Crippen LogP contribution in [0.4, 0.5) is 0 Å². The highest BCUT2D eigenvalue weighted by atomic mass is 16.5. The number of Topliss-reactive ketones (excluding diaryl/α,β-unsaturated/α-hetero) is 1. The Morgan fingerprint density at radius 1 is 0.625 bits per heavy atom. The third kappa shape index (κ3) is 25.7. The normalized spacial score (nSPS) is 13.1. The Balaban J connectivity index is 4.12. The fraction of sp³-hybridized carbons (Fsp3) is 0.886. The highest BCUT2D eigenvalue weighted by molar-refractivity contribution is 5.98. The number of hydrogen-bond acceptors (Lipinski definition) is 5. The van der Waals surface area contributed by atoms with Crippen molar-refractivity contribution in [3.05, 3.63) is 12.2 Å². The second-order valence-corrected chi connectivity index (χ2v) is 11.8. The van der Waals surface area contributed by atoms with E-state index >= 15 is 0 Å². The number of unbranched alkanes of at least 4 members (excludes halogenated alkanes) is 20. The van der Waals surface area contributed by atoms with Crippen LogP contribution in [0.3, 0.4) is 0 Å². The van der Waals surface area contributed by atoms with Gasteiger partial charge in [-0.05, 0) is 38.5 Å². The summed E-state index contributed by atoms with van der Waals surface area (Å²) in [7, 11) is 0. The lowest BCUT2D eigenvalue weighted by Crippen LogP contribution is -2.30. The highest BCUT2D eigenvalue weighted by Crippen LogP contribution is 2.19. The molecule has 0 aliphatic carbocycles. The molecule has 40 heavy (non-hydrogen) atoms. The molecule has 0 aromatic heterocycles. The van der Waals surface area contributed by atoms with Crippen molar-refractivity contribution in [3.63, 3.8) is 0 Å². The predicted octanol–water partition coefficient (Wildman–Crippen LogP) is 9.42. The van der Waals surface area contributed by atoms with Crippen molar-refractivity contribution in [1.82, 2.24) is 0 Å². The molecule has 236 valence electrons. The minimum Gasteiger partial charge on any atom is -0.462 e.